The number of nitrogens with zero attached hydrogens (tertiary/aromatic N) is 1. The van der Waals surface area contributed by atoms with E-state index in [1.54, 1.807) is 0 Å². The zero-order chi connectivity index (χ0) is 19.1. The Morgan fingerprint density at radius 2 is 2.08 bits per heavy atom. The molecular weight excluding hydrogens is 362 g/mol. The second-order valence-corrected chi connectivity index (χ2v) is 6.10. The first kappa shape index (κ1) is 19.7. The lowest BCUT2D eigenvalue weighted by Crippen LogP contribution is -2.41. The van der Waals surface area contributed by atoms with Crippen molar-refractivity contribution in [2.24, 2.45) is 0 Å². The lowest BCUT2D eigenvalue weighted by Gasteiger charge is -2.18. The van der Waals surface area contributed by atoms with Crippen molar-refractivity contribution in [2.45, 2.75) is 26.2 Å². The van der Waals surface area contributed by atoms with Crippen molar-refractivity contribution in [1.82, 2.24) is 10.6 Å². The van der Waals surface area contributed by atoms with E-state index in [0.29, 0.717) is 30.2 Å². The summed E-state index contributed by atoms with van der Waals surface area (Å²) in [5.41, 5.74) is 0.597. The Morgan fingerprint density at radius 1 is 1.31 bits per heavy atom. The molecule has 0 unspecified atom stereocenters. The maximum atomic E-state index is 12.1. The van der Waals surface area contributed by atoms with Crippen molar-refractivity contribution in [3.63, 3.8) is 0 Å². The van der Waals surface area contributed by atoms with Gasteiger partial charge in [0.1, 0.15) is 0 Å². The molecule has 0 saturated carbocycles. The van der Waals surface area contributed by atoms with Crippen LogP contribution in [0.1, 0.15) is 36.5 Å². The second-order valence-electron chi connectivity index (χ2n) is 5.70. The number of carbonyl (C=O) groups is 4. The van der Waals surface area contributed by atoms with Crippen LogP contribution < -0.4 is 15.5 Å². The molecule has 4 amide bonds. The first-order chi connectivity index (χ1) is 12.4. The van der Waals surface area contributed by atoms with Crippen molar-refractivity contribution in [2.75, 3.05) is 24.6 Å². The molecule has 8 nitrogen and oxygen atoms in total. The van der Waals surface area contributed by atoms with Crippen LogP contribution in [0.2, 0.25) is 5.02 Å². The summed E-state index contributed by atoms with van der Waals surface area (Å²) in [6, 6.07) is 3.76. The van der Waals surface area contributed by atoms with Gasteiger partial charge in [-0.3, -0.25) is 14.9 Å². The Hall–Kier alpha value is -2.61. The lowest BCUT2D eigenvalue weighted by atomic mass is 10.2. The number of imide groups is 1. The highest BCUT2D eigenvalue weighted by Gasteiger charge is 2.24. The fraction of sp³-hybridized carbons (Fsp3) is 0.412. The van der Waals surface area contributed by atoms with Gasteiger partial charge in [-0.2, -0.15) is 0 Å². The van der Waals surface area contributed by atoms with Crippen molar-refractivity contribution in [3.8, 4) is 0 Å². The largest absolute Gasteiger partial charge is 0.452 e. The summed E-state index contributed by atoms with van der Waals surface area (Å²) in [5, 5.41) is 4.87. The molecule has 0 radical (unpaired) electrons. The summed E-state index contributed by atoms with van der Waals surface area (Å²) in [6.07, 6.45) is 1.89. The number of rotatable bonds is 6. The summed E-state index contributed by atoms with van der Waals surface area (Å²) in [4.78, 5) is 48.5. The van der Waals surface area contributed by atoms with Crippen molar-refractivity contribution in [3.05, 3.63) is 28.8 Å². The van der Waals surface area contributed by atoms with Gasteiger partial charge in [-0.1, -0.05) is 18.5 Å². The highest BCUT2D eigenvalue weighted by molar-refractivity contribution is 6.34. The second kappa shape index (κ2) is 9.19. The quantitative estimate of drug-likeness (QED) is 0.732. The Bertz CT molecular complexity index is 722. The van der Waals surface area contributed by atoms with E-state index in [0.717, 1.165) is 12.8 Å². The third-order valence-electron chi connectivity index (χ3n) is 3.67. The van der Waals surface area contributed by atoms with E-state index in [9.17, 15) is 19.2 Å². The van der Waals surface area contributed by atoms with Crippen LogP contribution in [0.3, 0.4) is 0 Å². The number of urea groups is 1. The number of hydrogen-bond donors (Lipinski definition) is 2. The van der Waals surface area contributed by atoms with E-state index in [2.05, 4.69) is 10.6 Å². The van der Waals surface area contributed by atoms with Gasteiger partial charge in [-0.25, -0.2) is 9.59 Å². The van der Waals surface area contributed by atoms with Crippen LogP contribution >= 0.6 is 11.6 Å². The molecule has 1 fully saturated rings. The fourth-order valence-corrected chi connectivity index (χ4v) is 2.63. The van der Waals surface area contributed by atoms with Gasteiger partial charge in [0.25, 0.3) is 5.91 Å². The van der Waals surface area contributed by atoms with Gasteiger partial charge in [-0.15, -0.1) is 0 Å². The minimum Gasteiger partial charge on any atom is -0.452 e. The molecule has 26 heavy (non-hydrogen) atoms. The molecule has 9 heteroatoms. The minimum atomic E-state index is -0.751. The number of ether oxygens (including phenoxy) is 1. The van der Waals surface area contributed by atoms with E-state index in [-0.39, 0.29) is 11.5 Å². The SMILES string of the molecule is CCCNC(=O)NC(=O)COC(=O)c1ccc(Cl)c(N2CCCC2=O)c1. The van der Waals surface area contributed by atoms with Gasteiger partial charge >= 0.3 is 12.0 Å². The van der Waals surface area contributed by atoms with Crippen LogP contribution in [0.5, 0.6) is 0 Å². The Morgan fingerprint density at radius 3 is 2.73 bits per heavy atom. The third kappa shape index (κ3) is 5.19. The van der Waals surface area contributed by atoms with Crippen LogP contribution in [-0.2, 0) is 14.3 Å². The Balaban J connectivity index is 1.94. The number of amides is 4. The van der Waals surface area contributed by atoms with Crippen molar-refractivity contribution >= 4 is 41.1 Å². The molecule has 1 aromatic carbocycles. The van der Waals surface area contributed by atoms with Gasteiger partial charge in [0, 0.05) is 19.5 Å². The van der Waals surface area contributed by atoms with E-state index in [4.69, 9.17) is 16.3 Å². The van der Waals surface area contributed by atoms with Crippen molar-refractivity contribution < 1.29 is 23.9 Å². The predicted molar refractivity (Wildman–Crippen MR) is 95.2 cm³/mol. The average molecular weight is 382 g/mol. The zero-order valence-corrected chi connectivity index (χ0v) is 15.1. The Kier molecular flexibility index (Phi) is 6.97. The molecule has 1 heterocycles. The summed E-state index contributed by atoms with van der Waals surface area (Å²) in [6.45, 7) is 2.24. The van der Waals surface area contributed by atoms with E-state index >= 15 is 0 Å². The number of carbonyl (C=O) groups excluding carboxylic acids is 4. The molecular formula is C17H20ClN3O5. The molecule has 1 aliphatic rings. The monoisotopic (exact) mass is 381 g/mol. The molecule has 140 valence electrons. The zero-order valence-electron chi connectivity index (χ0n) is 14.3. The van der Waals surface area contributed by atoms with E-state index in [1.165, 1.54) is 23.1 Å². The molecule has 0 atom stereocenters. The lowest BCUT2D eigenvalue weighted by molar-refractivity contribution is -0.123. The van der Waals surface area contributed by atoms with Gasteiger partial charge in [0.2, 0.25) is 5.91 Å². The molecule has 2 rings (SSSR count). The van der Waals surface area contributed by atoms with Gasteiger partial charge in [-0.05, 0) is 31.0 Å². The van der Waals surface area contributed by atoms with Gasteiger partial charge in [0.15, 0.2) is 6.61 Å². The highest BCUT2D eigenvalue weighted by Crippen LogP contribution is 2.30. The number of hydrogen-bond acceptors (Lipinski definition) is 5. The summed E-state index contributed by atoms with van der Waals surface area (Å²) >= 11 is 6.12. The first-order valence-corrected chi connectivity index (χ1v) is 8.65. The summed E-state index contributed by atoms with van der Waals surface area (Å²) in [5.74, 6) is -1.55. The van der Waals surface area contributed by atoms with Gasteiger partial charge < -0.3 is 15.0 Å². The molecule has 1 aliphatic heterocycles. The normalized spacial score (nSPS) is 13.5. The third-order valence-corrected chi connectivity index (χ3v) is 3.99. The van der Waals surface area contributed by atoms with E-state index in [1.807, 2.05) is 6.92 Å². The van der Waals surface area contributed by atoms with Crippen LogP contribution in [-0.4, -0.2) is 43.5 Å². The average Bonchev–Trinajstić information content (AvgIpc) is 3.04. The molecule has 2 N–H and O–H groups in total. The molecule has 0 aliphatic carbocycles. The number of nitrogens with one attached hydrogen (secondary N) is 2. The maximum Gasteiger partial charge on any atom is 0.338 e. The van der Waals surface area contributed by atoms with Crippen LogP contribution in [0.4, 0.5) is 10.5 Å². The minimum absolute atomic E-state index is 0.0603. The highest BCUT2D eigenvalue weighted by atomic mass is 35.5. The topological polar surface area (TPSA) is 105 Å². The smallest absolute Gasteiger partial charge is 0.338 e. The number of esters is 1. The van der Waals surface area contributed by atoms with Crippen molar-refractivity contribution in [1.29, 1.82) is 0 Å². The molecule has 1 aromatic rings. The fourth-order valence-electron chi connectivity index (χ4n) is 2.41. The molecule has 1 saturated heterocycles. The molecule has 0 spiro atoms. The summed E-state index contributed by atoms with van der Waals surface area (Å²) in [7, 11) is 0. The van der Waals surface area contributed by atoms with Crippen LogP contribution in [0, 0.1) is 0 Å². The molecule has 0 aromatic heterocycles. The van der Waals surface area contributed by atoms with Crippen LogP contribution in [0.15, 0.2) is 18.2 Å². The standard InChI is InChI=1S/C17H20ClN3O5/c1-2-7-19-17(25)20-14(22)10-26-16(24)11-5-6-12(18)13(9-11)21-8-3-4-15(21)23/h5-6,9H,2-4,7-8,10H2,1H3,(H2,19,20,22,25). The summed E-state index contributed by atoms with van der Waals surface area (Å²) < 4.78 is 4.90. The Labute approximate surface area is 155 Å². The molecule has 0 bridgehead atoms. The number of anilines is 1. The first-order valence-electron chi connectivity index (χ1n) is 8.27. The van der Waals surface area contributed by atoms with Crippen LogP contribution in [0.25, 0.3) is 0 Å². The van der Waals surface area contributed by atoms with E-state index < -0.39 is 24.5 Å². The predicted octanol–water partition coefficient (Wildman–Crippen LogP) is 1.86. The number of benzene rings is 1. The van der Waals surface area contributed by atoms with Gasteiger partial charge in [0.05, 0.1) is 16.3 Å². The number of halogens is 1. The maximum absolute atomic E-state index is 12.1.